The molecule has 0 unspecified atom stereocenters. The largest absolute Gasteiger partial charge is 0.326 e. The highest BCUT2D eigenvalue weighted by Gasteiger charge is 2.15. The van der Waals surface area contributed by atoms with Gasteiger partial charge in [0, 0.05) is 49.4 Å². The highest BCUT2D eigenvalue weighted by Crippen LogP contribution is 2.18. The highest BCUT2D eigenvalue weighted by molar-refractivity contribution is 5.98. The number of hydrogen-bond acceptors (Lipinski definition) is 4. The Balaban J connectivity index is 1.99. The van der Waals surface area contributed by atoms with E-state index >= 15 is 0 Å². The number of rotatable bonds is 7. The molecule has 0 bridgehead atoms. The van der Waals surface area contributed by atoms with E-state index in [0.29, 0.717) is 22.6 Å². The van der Waals surface area contributed by atoms with Crippen molar-refractivity contribution < 1.29 is 19.2 Å². The number of nitrogens with zero attached hydrogens (tertiary/aromatic N) is 1. The molecule has 3 amide bonds. The molecule has 0 saturated heterocycles. The second-order valence-electron chi connectivity index (χ2n) is 6.33. The molecule has 7 nitrogen and oxygen atoms in total. The zero-order chi connectivity index (χ0) is 20.7. The van der Waals surface area contributed by atoms with Crippen molar-refractivity contribution in [2.24, 2.45) is 0 Å². The number of carbonyl (C=O) groups is 4. The van der Waals surface area contributed by atoms with Gasteiger partial charge in [0.05, 0.1) is 0 Å². The van der Waals surface area contributed by atoms with E-state index in [1.54, 1.807) is 48.5 Å². The summed E-state index contributed by atoms with van der Waals surface area (Å²) >= 11 is 0. The molecule has 0 spiro atoms. The van der Waals surface area contributed by atoms with Gasteiger partial charge in [0.1, 0.15) is 0 Å². The maximum atomic E-state index is 12.2. The molecular formula is C21H23N3O4. The Bertz CT molecular complexity index is 891. The van der Waals surface area contributed by atoms with Crippen LogP contribution in [0.2, 0.25) is 0 Å². The van der Waals surface area contributed by atoms with Gasteiger partial charge in [-0.05, 0) is 43.3 Å². The van der Waals surface area contributed by atoms with Crippen LogP contribution < -0.4 is 15.5 Å². The number of hydrogen-bond donors (Lipinski definition) is 2. The third-order valence-corrected chi connectivity index (χ3v) is 4.00. The Morgan fingerprint density at radius 3 is 2.00 bits per heavy atom. The molecule has 2 aromatic carbocycles. The lowest BCUT2D eigenvalue weighted by Gasteiger charge is -2.21. The van der Waals surface area contributed by atoms with Crippen molar-refractivity contribution in [1.29, 1.82) is 0 Å². The molecule has 0 saturated carbocycles. The number of benzene rings is 2. The Kier molecular flexibility index (Phi) is 7.03. The van der Waals surface area contributed by atoms with E-state index in [0.717, 1.165) is 0 Å². The standard InChI is InChI=1S/C21H23N3O4/c1-14(25)17-5-4-6-20(13-17)24(16(3)27)12-11-21(28)23-19-9-7-18(8-10-19)22-15(2)26/h4-10,13H,11-12H2,1-3H3,(H,22,26)(H,23,28). The summed E-state index contributed by atoms with van der Waals surface area (Å²) in [6.45, 7) is 4.48. The Hall–Kier alpha value is -3.48. The van der Waals surface area contributed by atoms with Crippen molar-refractivity contribution in [3.8, 4) is 0 Å². The maximum Gasteiger partial charge on any atom is 0.226 e. The molecule has 2 rings (SSSR count). The molecule has 0 aliphatic carbocycles. The van der Waals surface area contributed by atoms with Crippen LogP contribution in [-0.2, 0) is 14.4 Å². The van der Waals surface area contributed by atoms with Crippen molar-refractivity contribution >= 4 is 40.6 Å². The van der Waals surface area contributed by atoms with Crippen LogP contribution in [0.15, 0.2) is 48.5 Å². The lowest BCUT2D eigenvalue weighted by Crippen LogP contribution is -2.32. The summed E-state index contributed by atoms with van der Waals surface area (Å²) in [6, 6.07) is 13.5. The van der Waals surface area contributed by atoms with E-state index in [-0.39, 0.29) is 36.5 Å². The lowest BCUT2D eigenvalue weighted by molar-refractivity contribution is -0.117. The number of anilines is 3. The minimum absolute atomic E-state index is 0.0918. The SMILES string of the molecule is CC(=O)Nc1ccc(NC(=O)CCN(C(C)=O)c2cccc(C(C)=O)c2)cc1. The van der Waals surface area contributed by atoms with Crippen molar-refractivity contribution in [1.82, 2.24) is 0 Å². The molecule has 0 heterocycles. The Morgan fingerprint density at radius 2 is 1.46 bits per heavy atom. The minimum atomic E-state index is -0.249. The van der Waals surface area contributed by atoms with Crippen LogP contribution in [0.1, 0.15) is 37.6 Å². The quantitative estimate of drug-likeness (QED) is 0.720. The van der Waals surface area contributed by atoms with Crippen LogP contribution in [0, 0.1) is 0 Å². The smallest absolute Gasteiger partial charge is 0.226 e. The summed E-state index contributed by atoms with van der Waals surface area (Å²) in [4.78, 5) is 48.3. The number of Topliss-reactive ketones (excluding diaryl/α,β-unsaturated/α-hetero) is 1. The van der Waals surface area contributed by atoms with Crippen LogP contribution in [0.3, 0.4) is 0 Å². The zero-order valence-corrected chi connectivity index (χ0v) is 16.1. The molecule has 0 aliphatic rings. The lowest BCUT2D eigenvalue weighted by atomic mass is 10.1. The average molecular weight is 381 g/mol. The van der Waals surface area contributed by atoms with Gasteiger partial charge in [-0.25, -0.2) is 0 Å². The molecule has 2 aromatic rings. The number of carbonyl (C=O) groups excluding carboxylic acids is 4. The van der Waals surface area contributed by atoms with Gasteiger partial charge in [-0.1, -0.05) is 12.1 Å². The summed E-state index contributed by atoms with van der Waals surface area (Å²) in [5.41, 5.74) is 2.31. The Morgan fingerprint density at radius 1 is 0.857 bits per heavy atom. The summed E-state index contributed by atoms with van der Waals surface area (Å²) in [5.74, 6) is -0.727. The van der Waals surface area contributed by atoms with Gasteiger partial charge in [-0.15, -0.1) is 0 Å². The maximum absolute atomic E-state index is 12.2. The fourth-order valence-electron chi connectivity index (χ4n) is 2.64. The first-order valence-corrected chi connectivity index (χ1v) is 8.83. The van der Waals surface area contributed by atoms with Crippen LogP contribution in [0.5, 0.6) is 0 Å². The molecule has 28 heavy (non-hydrogen) atoms. The third-order valence-electron chi connectivity index (χ3n) is 4.00. The van der Waals surface area contributed by atoms with Crippen LogP contribution in [-0.4, -0.2) is 30.0 Å². The van der Waals surface area contributed by atoms with E-state index in [9.17, 15) is 19.2 Å². The third kappa shape index (κ3) is 6.05. The van der Waals surface area contributed by atoms with Crippen LogP contribution in [0.4, 0.5) is 17.1 Å². The Labute approximate surface area is 163 Å². The van der Waals surface area contributed by atoms with Gasteiger partial charge < -0.3 is 15.5 Å². The van der Waals surface area contributed by atoms with Gasteiger partial charge >= 0.3 is 0 Å². The monoisotopic (exact) mass is 381 g/mol. The molecule has 0 radical (unpaired) electrons. The molecule has 0 aromatic heterocycles. The first-order valence-electron chi connectivity index (χ1n) is 8.83. The van der Waals surface area contributed by atoms with Crippen molar-refractivity contribution in [2.75, 3.05) is 22.1 Å². The predicted octanol–water partition coefficient (Wildman–Crippen LogP) is 3.23. The topological polar surface area (TPSA) is 95.6 Å². The fourth-order valence-corrected chi connectivity index (χ4v) is 2.64. The molecule has 7 heteroatoms. The van der Waals surface area contributed by atoms with E-state index in [2.05, 4.69) is 10.6 Å². The first kappa shape index (κ1) is 20.8. The van der Waals surface area contributed by atoms with Gasteiger partial charge in [-0.3, -0.25) is 19.2 Å². The van der Waals surface area contributed by atoms with E-state index in [1.807, 2.05) is 0 Å². The molecule has 146 valence electrons. The van der Waals surface area contributed by atoms with Gasteiger partial charge in [0.25, 0.3) is 0 Å². The number of nitrogens with one attached hydrogen (secondary N) is 2. The van der Waals surface area contributed by atoms with Crippen LogP contribution >= 0.6 is 0 Å². The minimum Gasteiger partial charge on any atom is -0.326 e. The number of amides is 3. The first-order chi connectivity index (χ1) is 13.3. The molecule has 2 N–H and O–H groups in total. The average Bonchev–Trinajstić information content (AvgIpc) is 2.63. The van der Waals surface area contributed by atoms with Crippen molar-refractivity contribution in [2.45, 2.75) is 27.2 Å². The van der Waals surface area contributed by atoms with Gasteiger partial charge in [-0.2, -0.15) is 0 Å². The molecule has 0 atom stereocenters. The van der Waals surface area contributed by atoms with E-state index < -0.39 is 0 Å². The summed E-state index contributed by atoms with van der Waals surface area (Å²) in [7, 11) is 0. The predicted molar refractivity (Wildman–Crippen MR) is 108 cm³/mol. The highest BCUT2D eigenvalue weighted by atomic mass is 16.2. The second kappa shape index (κ2) is 9.45. The second-order valence-corrected chi connectivity index (χ2v) is 6.33. The number of ketones is 1. The zero-order valence-electron chi connectivity index (χ0n) is 16.1. The van der Waals surface area contributed by atoms with E-state index in [1.165, 1.54) is 25.7 Å². The van der Waals surface area contributed by atoms with Gasteiger partial charge in [0.2, 0.25) is 17.7 Å². The van der Waals surface area contributed by atoms with Crippen molar-refractivity contribution in [3.63, 3.8) is 0 Å². The van der Waals surface area contributed by atoms with Crippen LogP contribution in [0.25, 0.3) is 0 Å². The summed E-state index contributed by atoms with van der Waals surface area (Å²) < 4.78 is 0. The molecule has 0 aliphatic heterocycles. The normalized spacial score (nSPS) is 10.1. The van der Waals surface area contributed by atoms with Crippen molar-refractivity contribution in [3.05, 3.63) is 54.1 Å². The summed E-state index contributed by atoms with van der Waals surface area (Å²) in [6.07, 6.45) is 0.0946. The molecular weight excluding hydrogens is 358 g/mol. The van der Waals surface area contributed by atoms with E-state index in [4.69, 9.17) is 0 Å². The van der Waals surface area contributed by atoms with Gasteiger partial charge in [0.15, 0.2) is 5.78 Å². The molecule has 0 fully saturated rings. The summed E-state index contributed by atoms with van der Waals surface area (Å²) in [5, 5.41) is 5.40. The fraction of sp³-hybridized carbons (Fsp3) is 0.238.